The van der Waals surface area contributed by atoms with E-state index in [2.05, 4.69) is 72.0 Å². The first kappa shape index (κ1) is 13.2. The van der Waals surface area contributed by atoms with Crippen LogP contribution < -0.4 is 5.30 Å². The van der Waals surface area contributed by atoms with Gasteiger partial charge in [0.1, 0.15) is 11.8 Å². The van der Waals surface area contributed by atoms with E-state index in [-0.39, 0.29) is 0 Å². The predicted molar refractivity (Wildman–Crippen MR) is 88.9 cm³/mol. The fourth-order valence-corrected chi connectivity index (χ4v) is 10.3. The van der Waals surface area contributed by atoms with Crippen molar-refractivity contribution in [3.05, 3.63) is 60.7 Å². The van der Waals surface area contributed by atoms with Crippen LogP contribution in [0.15, 0.2) is 65.6 Å². The molecule has 2 heteroatoms. The second-order valence-corrected chi connectivity index (χ2v) is 11.6. The van der Waals surface area contributed by atoms with Gasteiger partial charge in [0.05, 0.1) is 23.7 Å². The van der Waals surface area contributed by atoms with Crippen molar-refractivity contribution in [2.75, 3.05) is 12.3 Å². The van der Waals surface area contributed by atoms with Crippen LogP contribution in [0.5, 0.6) is 0 Å². The van der Waals surface area contributed by atoms with Crippen molar-refractivity contribution in [2.24, 2.45) is 0 Å². The summed E-state index contributed by atoms with van der Waals surface area (Å²) >= 11 is 2.18. The summed E-state index contributed by atoms with van der Waals surface area (Å²) in [6.45, 7) is -1.05. The van der Waals surface area contributed by atoms with E-state index in [9.17, 15) is 0 Å². The summed E-state index contributed by atoms with van der Waals surface area (Å²) in [7, 11) is 0. The maximum Gasteiger partial charge on any atom is 0.111 e. The van der Waals surface area contributed by atoms with Crippen LogP contribution in [0.4, 0.5) is 0 Å². The van der Waals surface area contributed by atoms with E-state index >= 15 is 0 Å². The third kappa shape index (κ3) is 3.04. The average molecular weight is 287 g/mol. The molecule has 0 unspecified atom stereocenters. The molecule has 3 rings (SSSR count). The smallest absolute Gasteiger partial charge is 0.0622 e. The summed E-state index contributed by atoms with van der Waals surface area (Å²) < 4.78 is 0. The summed E-state index contributed by atoms with van der Waals surface area (Å²) in [6.07, 6.45) is 7.06. The molecule has 1 aliphatic rings. The van der Waals surface area contributed by atoms with Gasteiger partial charge in [0.25, 0.3) is 0 Å². The molecule has 0 nitrogen and oxygen atoms in total. The average Bonchev–Trinajstić information content (AvgIpc) is 2.50. The highest BCUT2D eigenvalue weighted by Crippen LogP contribution is 2.73. The molecule has 0 N–H and O–H groups in total. The minimum absolute atomic E-state index is 1.05. The van der Waals surface area contributed by atoms with E-state index in [0.29, 0.717) is 0 Å². The lowest BCUT2D eigenvalue weighted by atomic mass is 10.3. The van der Waals surface area contributed by atoms with Crippen molar-refractivity contribution in [2.45, 2.75) is 24.2 Å². The minimum atomic E-state index is -1.05. The maximum atomic E-state index is 2.36. The van der Waals surface area contributed by atoms with Crippen molar-refractivity contribution in [3.63, 3.8) is 0 Å². The van der Waals surface area contributed by atoms with Gasteiger partial charge in [-0.25, -0.2) is 0 Å². The molecule has 0 saturated carbocycles. The third-order valence-electron chi connectivity index (χ3n) is 3.79. The zero-order valence-electron chi connectivity index (χ0n) is 11.2. The zero-order valence-corrected chi connectivity index (χ0v) is 12.9. The number of hydrogen-bond acceptors (Lipinski definition) is 1. The van der Waals surface area contributed by atoms with Gasteiger partial charge >= 0.3 is 0 Å². The van der Waals surface area contributed by atoms with Crippen LogP contribution in [0.1, 0.15) is 19.3 Å². The molecule has 0 bridgehead atoms. The number of hydrogen-bond donors (Lipinski definition) is 0. The molecule has 1 aliphatic heterocycles. The van der Waals surface area contributed by atoms with Crippen LogP contribution in [0.25, 0.3) is 0 Å². The Hall–Kier alpha value is -0.780. The first-order chi connectivity index (χ1) is 9.39. The SMILES string of the molecule is c1ccc(S[P+]2(c3ccccc3)CCCCC2)cc1. The molecule has 98 valence electrons. The molecule has 1 saturated heterocycles. The Bertz CT molecular complexity index is 503. The van der Waals surface area contributed by atoms with Crippen LogP contribution in [-0.4, -0.2) is 12.3 Å². The monoisotopic (exact) mass is 287 g/mol. The molecule has 0 spiro atoms. The molecular weight excluding hydrogens is 267 g/mol. The van der Waals surface area contributed by atoms with Crippen molar-refractivity contribution < 1.29 is 0 Å². The maximum absolute atomic E-state index is 2.36. The predicted octanol–water partition coefficient (Wildman–Crippen LogP) is 5.22. The van der Waals surface area contributed by atoms with E-state index in [1.807, 2.05) is 0 Å². The topological polar surface area (TPSA) is 0 Å². The summed E-state index contributed by atoms with van der Waals surface area (Å²) in [4.78, 5) is 1.45. The second kappa shape index (κ2) is 6.11. The molecule has 19 heavy (non-hydrogen) atoms. The summed E-state index contributed by atoms with van der Waals surface area (Å²) in [5.74, 6) is 0. The Labute approximate surface area is 120 Å². The molecule has 0 aliphatic carbocycles. The van der Waals surface area contributed by atoms with Crippen molar-refractivity contribution >= 4 is 23.2 Å². The van der Waals surface area contributed by atoms with Crippen molar-refractivity contribution in [1.29, 1.82) is 0 Å². The Morgan fingerprint density at radius 2 is 1.26 bits per heavy atom. The molecule has 1 heterocycles. The highest BCUT2D eigenvalue weighted by molar-refractivity contribution is 8.64. The lowest BCUT2D eigenvalue weighted by Crippen LogP contribution is -2.18. The molecule has 0 aromatic heterocycles. The normalized spacial score (nSPS) is 18.1. The standard InChI is InChI=1S/C17H20PS/c1-4-10-16(11-5-1)18(14-8-3-9-15-18)19-17-12-6-2-7-13-17/h1-2,4-7,10-13H,3,8-9,14-15H2/q+1. The van der Waals surface area contributed by atoms with Gasteiger partial charge < -0.3 is 0 Å². The minimum Gasteiger partial charge on any atom is -0.0622 e. The quantitative estimate of drug-likeness (QED) is 0.697. The molecule has 0 amide bonds. The number of benzene rings is 2. The molecular formula is C17H20PS+. The number of rotatable bonds is 3. The van der Waals surface area contributed by atoms with Gasteiger partial charge in [-0.05, 0) is 43.5 Å². The second-order valence-electron chi connectivity index (χ2n) is 5.14. The Balaban J connectivity index is 1.93. The third-order valence-corrected chi connectivity index (χ3v) is 11.3. The zero-order chi connectivity index (χ0) is 13.0. The largest absolute Gasteiger partial charge is 0.111 e. The van der Waals surface area contributed by atoms with Gasteiger partial charge in [-0.2, -0.15) is 0 Å². The van der Waals surface area contributed by atoms with Gasteiger partial charge in [0.15, 0.2) is 0 Å². The van der Waals surface area contributed by atoms with E-state index in [4.69, 9.17) is 0 Å². The first-order valence-electron chi connectivity index (χ1n) is 7.06. The highest BCUT2D eigenvalue weighted by Gasteiger charge is 2.43. The van der Waals surface area contributed by atoms with E-state index in [1.54, 1.807) is 5.30 Å². The molecule has 2 aromatic carbocycles. The van der Waals surface area contributed by atoms with Crippen LogP contribution in [0.2, 0.25) is 0 Å². The molecule has 0 atom stereocenters. The Morgan fingerprint density at radius 1 is 0.684 bits per heavy atom. The van der Waals surface area contributed by atoms with Crippen molar-refractivity contribution in [3.8, 4) is 0 Å². The lowest BCUT2D eigenvalue weighted by Gasteiger charge is -2.29. The van der Waals surface area contributed by atoms with Gasteiger partial charge in [0, 0.05) is 4.90 Å². The Morgan fingerprint density at radius 3 is 1.89 bits per heavy atom. The Kier molecular flexibility index (Phi) is 4.25. The molecule has 2 aromatic rings. The van der Waals surface area contributed by atoms with Gasteiger partial charge in [0.2, 0.25) is 0 Å². The highest BCUT2D eigenvalue weighted by atomic mass is 32.7. The summed E-state index contributed by atoms with van der Waals surface area (Å²) in [6, 6.07) is 22.2. The first-order valence-corrected chi connectivity index (χ1v) is 10.6. The van der Waals surface area contributed by atoms with Crippen LogP contribution >= 0.6 is 17.8 Å². The van der Waals surface area contributed by atoms with E-state index in [1.165, 1.54) is 36.5 Å². The fourth-order valence-electron chi connectivity index (χ4n) is 2.81. The van der Waals surface area contributed by atoms with Crippen LogP contribution in [0, 0.1) is 0 Å². The summed E-state index contributed by atoms with van der Waals surface area (Å²) in [5.41, 5.74) is 0. The van der Waals surface area contributed by atoms with E-state index in [0.717, 1.165) is 0 Å². The van der Waals surface area contributed by atoms with E-state index < -0.39 is 6.46 Å². The fraction of sp³-hybridized carbons (Fsp3) is 0.294. The van der Waals surface area contributed by atoms with Gasteiger partial charge in [-0.15, -0.1) is 0 Å². The summed E-state index contributed by atoms with van der Waals surface area (Å²) in [5, 5.41) is 1.61. The van der Waals surface area contributed by atoms with Gasteiger partial charge in [-0.1, -0.05) is 36.4 Å². The lowest BCUT2D eigenvalue weighted by molar-refractivity contribution is 0.753. The van der Waals surface area contributed by atoms with Crippen LogP contribution in [-0.2, 0) is 0 Å². The molecule has 1 fully saturated rings. The van der Waals surface area contributed by atoms with Crippen LogP contribution in [0.3, 0.4) is 0 Å². The molecule has 0 radical (unpaired) electrons. The van der Waals surface area contributed by atoms with Gasteiger partial charge in [-0.3, -0.25) is 0 Å². The van der Waals surface area contributed by atoms with Crippen molar-refractivity contribution in [1.82, 2.24) is 0 Å².